The van der Waals surface area contributed by atoms with E-state index in [1.165, 1.54) is 12.1 Å². The summed E-state index contributed by atoms with van der Waals surface area (Å²) in [7, 11) is 0. The van der Waals surface area contributed by atoms with E-state index in [4.69, 9.17) is 9.47 Å². The van der Waals surface area contributed by atoms with E-state index in [9.17, 15) is 14.4 Å². The van der Waals surface area contributed by atoms with Crippen LogP contribution in [0.4, 0.5) is 16.2 Å². The van der Waals surface area contributed by atoms with Gasteiger partial charge < -0.3 is 9.47 Å². The molecule has 2 rings (SSSR count). The number of hydrogen-bond acceptors (Lipinski definition) is 6. The maximum Gasteiger partial charge on any atom is 0.411 e. The molecule has 2 aromatic carbocycles. The first-order valence-corrected chi connectivity index (χ1v) is 8.28. The third-order valence-corrected chi connectivity index (χ3v) is 3.63. The van der Waals surface area contributed by atoms with Gasteiger partial charge in [0.2, 0.25) is 6.08 Å². The number of benzene rings is 2. The number of nitrogens with zero attached hydrogens (tertiary/aromatic N) is 1. The Morgan fingerprint density at radius 2 is 1.81 bits per heavy atom. The highest BCUT2D eigenvalue weighted by atomic mass is 16.6. The highest BCUT2D eigenvalue weighted by molar-refractivity contribution is 6.01. The number of amides is 1. The van der Waals surface area contributed by atoms with Crippen molar-refractivity contribution in [2.45, 2.75) is 19.4 Å². The van der Waals surface area contributed by atoms with E-state index in [2.05, 4.69) is 10.3 Å². The molecule has 0 atom stereocenters. The van der Waals surface area contributed by atoms with Crippen molar-refractivity contribution in [3.8, 4) is 0 Å². The maximum absolute atomic E-state index is 12.4. The standard InChI is InChI=1S/C20H20N2O5/c1-20(2,18(24)15-7-4-3-5-8-15)27-12-11-26-19(25)22-17-10-6-9-16(13-17)21-14-23/h3-10,13H,11-12H2,1-2H3,(H,22,25). The largest absolute Gasteiger partial charge is 0.447 e. The number of carbonyl (C=O) groups excluding carboxylic acids is 3. The zero-order valence-corrected chi connectivity index (χ0v) is 15.1. The van der Waals surface area contributed by atoms with Crippen molar-refractivity contribution in [2.24, 2.45) is 4.99 Å². The molecular weight excluding hydrogens is 348 g/mol. The molecule has 1 N–H and O–H groups in total. The minimum atomic E-state index is -1.04. The SMILES string of the molecule is CC(C)(OCCOC(=O)Nc1cccc(N=C=O)c1)C(=O)c1ccccc1. The summed E-state index contributed by atoms with van der Waals surface area (Å²) in [4.78, 5) is 38.0. The average molecular weight is 368 g/mol. The molecule has 0 spiro atoms. The zero-order valence-electron chi connectivity index (χ0n) is 15.1. The van der Waals surface area contributed by atoms with Crippen molar-refractivity contribution in [3.63, 3.8) is 0 Å². The minimum absolute atomic E-state index is 0.0243. The summed E-state index contributed by atoms with van der Waals surface area (Å²) in [5, 5.41) is 2.51. The van der Waals surface area contributed by atoms with Crippen LogP contribution in [0, 0.1) is 0 Å². The quantitative estimate of drug-likeness (QED) is 0.330. The fraction of sp³-hybridized carbons (Fsp3) is 0.250. The smallest absolute Gasteiger partial charge is 0.411 e. The van der Waals surface area contributed by atoms with Gasteiger partial charge >= 0.3 is 6.09 Å². The second-order valence-corrected chi connectivity index (χ2v) is 6.07. The molecule has 0 radical (unpaired) electrons. The highest BCUT2D eigenvalue weighted by Gasteiger charge is 2.29. The summed E-state index contributed by atoms with van der Waals surface area (Å²) >= 11 is 0. The van der Waals surface area contributed by atoms with Gasteiger partial charge in [-0.3, -0.25) is 10.1 Å². The van der Waals surface area contributed by atoms with E-state index in [-0.39, 0.29) is 19.0 Å². The fourth-order valence-electron chi connectivity index (χ4n) is 2.29. The minimum Gasteiger partial charge on any atom is -0.447 e. The molecule has 27 heavy (non-hydrogen) atoms. The number of ether oxygens (including phenoxy) is 2. The van der Waals surface area contributed by atoms with E-state index in [0.717, 1.165) is 0 Å². The number of hydrogen-bond donors (Lipinski definition) is 1. The normalized spacial score (nSPS) is 10.6. The zero-order chi connectivity index (χ0) is 19.7. The van der Waals surface area contributed by atoms with E-state index in [0.29, 0.717) is 16.9 Å². The molecule has 0 heterocycles. The summed E-state index contributed by atoms with van der Waals surface area (Å²) in [6, 6.07) is 15.2. The maximum atomic E-state index is 12.4. The van der Waals surface area contributed by atoms with Gasteiger partial charge in [0.15, 0.2) is 5.78 Å². The Labute approximate surface area is 157 Å². The number of anilines is 1. The predicted octanol–water partition coefficient (Wildman–Crippen LogP) is 3.88. The van der Waals surface area contributed by atoms with Crippen molar-refractivity contribution in [3.05, 3.63) is 60.2 Å². The molecule has 2 aromatic rings. The molecule has 0 bridgehead atoms. The first-order chi connectivity index (χ1) is 12.9. The number of rotatable bonds is 8. The van der Waals surface area contributed by atoms with E-state index in [1.54, 1.807) is 56.3 Å². The first kappa shape index (κ1) is 20.0. The summed E-state index contributed by atoms with van der Waals surface area (Å²) in [6.45, 7) is 3.38. The van der Waals surface area contributed by atoms with Gasteiger partial charge in [-0.15, -0.1) is 0 Å². The molecule has 0 aliphatic rings. The molecule has 7 heteroatoms. The van der Waals surface area contributed by atoms with Crippen molar-refractivity contribution in [2.75, 3.05) is 18.5 Å². The molecule has 0 aliphatic carbocycles. The second-order valence-electron chi connectivity index (χ2n) is 6.07. The Morgan fingerprint density at radius 1 is 1.07 bits per heavy atom. The molecule has 0 aromatic heterocycles. The van der Waals surface area contributed by atoms with Crippen molar-refractivity contribution in [1.29, 1.82) is 0 Å². The summed E-state index contributed by atoms with van der Waals surface area (Å²) in [5.74, 6) is -0.153. The number of carbonyl (C=O) groups is 2. The topological polar surface area (TPSA) is 94.1 Å². The lowest BCUT2D eigenvalue weighted by atomic mass is 9.96. The van der Waals surface area contributed by atoms with Crippen LogP contribution >= 0.6 is 0 Å². The van der Waals surface area contributed by atoms with Crippen LogP contribution in [0.15, 0.2) is 59.6 Å². The van der Waals surface area contributed by atoms with Crippen LogP contribution in [0.25, 0.3) is 0 Å². The van der Waals surface area contributed by atoms with Crippen LogP contribution in [0.1, 0.15) is 24.2 Å². The van der Waals surface area contributed by atoms with Gasteiger partial charge in [-0.2, -0.15) is 4.99 Å². The molecule has 7 nitrogen and oxygen atoms in total. The lowest BCUT2D eigenvalue weighted by Crippen LogP contribution is -2.36. The highest BCUT2D eigenvalue weighted by Crippen LogP contribution is 2.18. The third-order valence-electron chi connectivity index (χ3n) is 3.63. The summed E-state index contributed by atoms with van der Waals surface area (Å²) < 4.78 is 10.6. The monoisotopic (exact) mass is 368 g/mol. The van der Waals surface area contributed by atoms with Gasteiger partial charge in [-0.05, 0) is 32.0 Å². The van der Waals surface area contributed by atoms with Gasteiger partial charge in [0, 0.05) is 11.3 Å². The number of ketones is 1. The third kappa shape index (κ3) is 6.18. The molecule has 0 unspecified atom stereocenters. The Morgan fingerprint density at radius 3 is 2.52 bits per heavy atom. The molecule has 0 aliphatic heterocycles. The van der Waals surface area contributed by atoms with Crippen molar-refractivity contribution < 1.29 is 23.9 Å². The van der Waals surface area contributed by atoms with E-state index in [1.807, 2.05) is 6.07 Å². The molecule has 1 amide bonds. The van der Waals surface area contributed by atoms with Crippen LogP contribution in [0.5, 0.6) is 0 Å². The van der Waals surface area contributed by atoms with Crippen LogP contribution in [0.3, 0.4) is 0 Å². The molecule has 0 saturated heterocycles. The van der Waals surface area contributed by atoms with Crippen LogP contribution in [-0.2, 0) is 14.3 Å². The molecule has 140 valence electrons. The van der Waals surface area contributed by atoms with E-state index >= 15 is 0 Å². The van der Waals surface area contributed by atoms with Crippen LogP contribution in [0.2, 0.25) is 0 Å². The number of aliphatic imine (C=N–C) groups is 1. The van der Waals surface area contributed by atoms with Gasteiger partial charge in [0.25, 0.3) is 0 Å². The lowest BCUT2D eigenvalue weighted by molar-refractivity contribution is -0.0189. The Balaban J connectivity index is 1.78. The van der Waals surface area contributed by atoms with Crippen molar-refractivity contribution in [1.82, 2.24) is 0 Å². The van der Waals surface area contributed by atoms with Gasteiger partial charge in [-0.25, -0.2) is 9.59 Å². The second kappa shape index (κ2) is 9.43. The van der Waals surface area contributed by atoms with Crippen LogP contribution < -0.4 is 5.32 Å². The molecule has 0 fully saturated rings. The molecular formula is C20H20N2O5. The summed E-state index contributed by atoms with van der Waals surface area (Å²) in [5.41, 5.74) is 0.311. The molecule has 0 saturated carbocycles. The number of nitrogens with one attached hydrogen (secondary N) is 1. The number of Topliss-reactive ketones (excluding diaryl/α,β-unsaturated/α-hetero) is 1. The van der Waals surface area contributed by atoms with Gasteiger partial charge in [-0.1, -0.05) is 36.4 Å². The average Bonchev–Trinajstić information content (AvgIpc) is 2.66. The van der Waals surface area contributed by atoms with Gasteiger partial charge in [0.05, 0.1) is 12.3 Å². The Kier molecular flexibility index (Phi) is 7.00. The lowest BCUT2D eigenvalue weighted by Gasteiger charge is -2.23. The fourth-order valence-corrected chi connectivity index (χ4v) is 2.29. The Bertz CT molecular complexity index is 842. The van der Waals surface area contributed by atoms with Crippen LogP contribution in [-0.4, -0.2) is 36.8 Å². The first-order valence-electron chi connectivity index (χ1n) is 8.28. The number of isocyanates is 1. The van der Waals surface area contributed by atoms with Crippen molar-refractivity contribution >= 4 is 29.3 Å². The Hall–Kier alpha value is -3.28. The summed E-state index contributed by atoms with van der Waals surface area (Å²) in [6.07, 6.45) is 0.746. The predicted molar refractivity (Wildman–Crippen MR) is 100.0 cm³/mol. The van der Waals surface area contributed by atoms with Gasteiger partial charge in [0.1, 0.15) is 12.2 Å². The van der Waals surface area contributed by atoms with E-state index < -0.39 is 11.7 Å².